The monoisotopic (exact) mass is 254 g/mol. The third-order valence-electron chi connectivity index (χ3n) is 4.33. The van der Waals surface area contributed by atoms with Gasteiger partial charge in [-0.1, -0.05) is 13.3 Å². The zero-order chi connectivity index (χ0) is 12.6. The van der Waals surface area contributed by atoms with E-state index in [9.17, 15) is 0 Å². The molecule has 2 rings (SSSR count). The van der Waals surface area contributed by atoms with Crippen molar-refractivity contribution in [1.29, 1.82) is 0 Å². The molecule has 0 amide bonds. The maximum atomic E-state index is 5.46. The van der Waals surface area contributed by atoms with Gasteiger partial charge in [-0.2, -0.15) is 0 Å². The summed E-state index contributed by atoms with van der Waals surface area (Å²) >= 11 is 0. The van der Waals surface area contributed by atoms with Crippen LogP contribution >= 0.6 is 0 Å². The minimum Gasteiger partial charge on any atom is -0.381 e. The van der Waals surface area contributed by atoms with E-state index >= 15 is 0 Å². The largest absolute Gasteiger partial charge is 0.381 e. The molecular weight excluding hydrogens is 224 g/mol. The van der Waals surface area contributed by atoms with Crippen molar-refractivity contribution in [3.05, 3.63) is 0 Å². The Labute approximate surface area is 112 Å². The van der Waals surface area contributed by atoms with E-state index in [1.165, 1.54) is 64.7 Å². The zero-order valence-electron chi connectivity index (χ0n) is 12.0. The van der Waals surface area contributed by atoms with Crippen LogP contribution in [-0.4, -0.2) is 50.3 Å². The summed E-state index contributed by atoms with van der Waals surface area (Å²) in [4.78, 5) is 2.71. The van der Waals surface area contributed by atoms with Crippen molar-refractivity contribution in [2.45, 2.75) is 51.5 Å². The van der Waals surface area contributed by atoms with Crippen LogP contribution in [0.15, 0.2) is 0 Å². The second-order valence-electron chi connectivity index (χ2n) is 5.96. The minimum atomic E-state index is 0.752. The Morgan fingerprint density at radius 2 is 2.00 bits per heavy atom. The lowest BCUT2D eigenvalue weighted by atomic mass is 9.99. The van der Waals surface area contributed by atoms with E-state index in [4.69, 9.17) is 4.74 Å². The second kappa shape index (κ2) is 8.13. The molecule has 3 nitrogen and oxygen atoms in total. The van der Waals surface area contributed by atoms with Gasteiger partial charge in [0.2, 0.25) is 0 Å². The fourth-order valence-corrected chi connectivity index (χ4v) is 3.16. The van der Waals surface area contributed by atoms with Gasteiger partial charge in [0.25, 0.3) is 0 Å². The molecule has 0 spiro atoms. The Morgan fingerprint density at radius 3 is 2.67 bits per heavy atom. The first kappa shape index (κ1) is 14.3. The molecule has 0 aromatic rings. The normalized spacial score (nSPS) is 26.0. The van der Waals surface area contributed by atoms with E-state index < -0.39 is 0 Å². The van der Waals surface area contributed by atoms with Gasteiger partial charge in [-0.3, -0.25) is 0 Å². The number of ether oxygens (including phenoxy) is 1. The van der Waals surface area contributed by atoms with E-state index in [1.54, 1.807) is 0 Å². The topological polar surface area (TPSA) is 24.5 Å². The van der Waals surface area contributed by atoms with Crippen LogP contribution in [0, 0.1) is 5.92 Å². The zero-order valence-corrected chi connectivity index (χ0v) is 12.0. The molecule has 0 aliphatic carbocycles. The molecule has 0 aromatic carbocycles. The Bertz CT molecular complexity index is 211. The molecule has 2 heterocycles. The summed E-state index contributed by atoms with van der Waals surface area (Å²) in [7, 11) is 0. The molecule has 3 heteroatoms. The van der Waals surface area contributed by atoms with Crippen molar-refractivity contribution in [3.63, 3.8) is 0 Å². The van der Waals surface area contributed by atoms with Crippen LogP contribution < -0.4 is 5.32 Å². The Hall–Kier alpha value is -0.120. The van der Waals surface area contributed by atoms with Crippen LogP contribution in [0.1, 0.15) is 45.4 Å². The lowest BCUT2D eigenvalue weighted by molar-refractivity contribution is 0.0512. The second-order valence-corrected chi connectivity index (χ2v) is 5.96. The Kier molecular flexibility index (Phi) is 6.46. The molecule has 2 aliphatic heterocycles. The molecule has 0 saturated carbocycles. The van der Waals surface area contributed by atoms with E-state index in [0.29, 0.717) is 0 Å². The number of rotatable bonds is 7. The predicted molar refractivity (Wildman–Crippen MR) is 75.9 cm³/mol. The number of hydrogen-bond donors (Lipinski definition) is 1. The maximum Gasteiger partial charge on any atom is 0.0469 e. The minimum absolute atomic E-state index is 0.752. The molecule has 2 aliphatic rings. The average Bonchev–Trinajstić information content (AvgIpc) is 2.90. The number of nitrogens with one attached hydrogen (secondary N) is 1. The van der Waals surface area contributed by atoms with Crippen molar-refractivity contribution >= 4 is 0 Å². The highest BCUT2D eigenvalue weighted by Gasteiger charge is 2.21. The molecule has 1 unspecified atom stereocenters. The maximum absolute atomic E-state index is 5.46. The van der Waals surface area contributed by atoms with Crippen molar-refractivity contribution in [1.82, 2.24) is 10.2 Å². The van der Waals surface area contributed by atoms with E-state index in [-0.39, 0.29) is 0 Å². The Morgan fingerprint density at radius 1 is 1.17 bits per heavy atom. The quantitative estimate of drug-likeness (QED) is 0.754. The lowest BCUT2D eigenvalue weighted by Crippen LogP contribution is -2.41. The van der Waals surface area contributed by atoms with Crippen LogP contribution in [0.3, 0.4) is 0 Å². The van der Waals surface area contributed by atoms with Gasteiger partial charge in [-0.25, -0.2) is 0 Å². The first-order valence-corrected chi connectivity index (χ1v) is 7.92. The smallest absolute Gasteiger partial charge is 0.0469 e. The van der Waals surface area contributed by atoms with Crippen molar-refractivity contribution in [2.24, 2.45) is 5.92 Å². The van der Waals surface area contributed by atoms with Crippen LogP contribution in [0.4, 0.5) is 0 Å². The van der Waals surface area contributed by atoms with Gasteiger partial charge in [-0.05, 0) is 51.1 Å². The van der Waals surface area contributed by atoms with E-state index in [2.05, 4.69) is 17.1 Å². The van der Waals surface area contributed by atoms with Gasteiger partial charge in [0.05, 0.1) is 0 Å². The number of unbranched alkanes of at least 4 members (excludes halogenated alkanes) is 1. The SMILES string of the molecule is CCCCN(CC1CCOCC1)CC1CCCN1. The summed E-state index contributed by atoms with van der Waals surface area (Å²) in [5.74, 6) is 0.872. The molecule has 18 heavy (non-hydrogen) atoms. The fraction of sp³-hybridized carbons (Fsp3) is 1.00. The summed E-state index contributed by atoms with van der Waals surface area (Å²) in [6, 6.07) is 0.752. The Balaban J connectivity index is 1.74. The van der Waals surface area contributed by atoms with Gasteiger partial charge in [0, 0.05) is 32.3 Å². The molecule has 0 radical (unpaired) electrons. The molecule has 2 saturated heterocycles. The average molecular weight is 254 g/mol. The summed E-state index contributed by atoms with van der Waals surface area (Å²) in [6.45, 7) is 9.32. The van der Waals surface area contributed by atoms with E-state index in [0.717, 1.165) is 25.2 Å². The standard InChI is InChI=1S/C15H30N2O/c1-2-3-9-17(13-15-5-4-8-16-15)12-14-6-10-18-11-7-14/h14-16H,2-13H2,1H3. The van der Waals surface area contributed by atoms with Crippen molar-refractivity contribution in [3.8, 4) is 0 Å². The van der Waals surface area contributed by atoms with Crippen LogP contribution in [0.2, 0.25) is 0 Å². The predicted octanol–water partition coefficient (Wildman–Crippen LogP) is 2.27. The first-order valence-electron chi connectivity index (χ1n) is 7.92. The molecular formula is C15H30N2O. The van der Waals surface area contributed by atoms with Gasteiger partial charge < -0.3 is 15.0 Å². The molecule has 2 fully saturated rings. The molecule has 1 N–H and O–H groups in total. The highest BCUT2D eigenvalue weighted by molar-refractivity contribution is 4.79. The number of nitrogens with zero attached hydrogens (tertiary/aromatic N) is 1. The van der Waals surface area contributed by atoms with Crippen LogP contribution in [0.5, 0.6) is 0 Å². The molecule has 0 bridgehead atoms. The first-order chi connectivity index (χ1) is 8.88. The summed E-state index contributed by atoms with van der Waals surface area (Å²) in [6.07, 6.45) is 7.92. The lowest BCUT2D eigenvalue weighted by Gasteiger charge is -2.31. The van der Waals surface area contributed by atoms with Gasteiger partial charge in [0.1, 0.15) is 0 Å². The summed E-state index contributed by atoms with van der Waals surface area (Å²) < 4.78 is 5.46. The molecule has 1 atom stereocenters. The highest BCUT2D eigenvalue weighted by atomic mass is 16.5. The molecule has 106 valence electrons. The van der Waals surface area contributed by atoms with Crippen LogP contribution in [0.25, 0.3) is 0 Å². The van der Waals surface area contributed by atoms with E-state index in [1.807, 2.05) is 0 Å². The van der Waals surface area contributed by atoms with Crippen molar-refractivity contribution < 1.29 is 4.74 Å². The van der Waals surface area contributed by atoms with Gasteiger partial charge in [-0.15, -0.1) is 0 Å². The van der Waals surface area contributed by atoms with Crippen molar-refractivity contribution in [2.75, 3.05) is 39.4 Å². The van der Waals surface area contributed by atoms with Crippen LogP contribution in [-0.2, 0) is 4.74 Å². The molecule has 0 aromatic heterocycles. The van der Waals surface area contributed by atoms with Gasteiger partial charge in [0.15, 0.2) is 0 Å². The third kappa shape index (κ3) is 4.87. The highest BCUT2D eigenvalue weighted by Crippen LogP contribution is 2.17. The van der Waals surface area contributed by atoms with Gasteiger partial charge >= 0.3 is 0 Å². The summed E-state index contributed by atoms with van der Waals surface area (Å²) in [5, 5.41) is 3.63. The third-order valence-corrected chi connectivity index (χ3v) is 4.33. The fourth-order valence-electron chi connectivity index (χ4n) is 3.16. The summed E-state index contributed by atoms with van der Waals surface area (Å²) in [5.41, 5.74) is 0. The number of hydrogen-bond acceptors (Lipinski definition) is 3.